The number of benzene rings is 1. The molecule has 5 heteroatoms. The maximum atomic E-state index is 13.0. The molecule has 1 heterocycles. The fraction of sp³-hybridized carbons (Fsp3) is 0.529. The molecule has 1 aliphatic rings. The monoisotopic (exact) mass is 303 g/mol. The van der Waals surface area contributed by atoms with E-state index in [4.69, 9.17) is 4.52 Å². The standard InChI is InChI=1S/C17H22FN3O/c1-12(2)9-10-21(15-7-8-15)11-16-19-17(20-22-16)13-3-5-14(18)6-4-13/h3-6,12,15H,7-11H2,1-2H3. The maximum absolute atomic E-state index is 13.0. The van der Waals surface area contributed by atoms with Crippen LogP contribution in [0.25, 0.3) is 11.4 Å². The lowest BCUT2D eigenvalue weighted by Crippen LogP contribution is -2.27. The first kappa shape index (κ1) is 15.2. The SMILES string of the molecule is CC(C)CCN(Cc1nc(-c2ccc(F)cc2)no1)C1CC1. The van der Waals surface area contributed by atoms with Crippen molar-refractivity contribution in [2.75, 3.05) is 6.54 Å². The molecular formula is C17H22FN3O. The van der Waals surface area contributed by atoms with Crippen molar-refractivity contribution in [3.63, 3.8) is 0 Å². The molecule has 1 aliphatic carbocycles. The Bertz CT molecular complexity index is 605. The summed E-state index contributed by atoms with van der Waals surface area (Å²) in [7, 11) is 0. The first-order valence-corrected chi connectivity index (χ1v) is 7.94. The quantitative estimate of drug-likeness (QED) is 0.778. The molecule has 2 aromatic rings. The summed E-state index contributed by atoms with van der Waals surface area (Å²) in [5.74, 6) is 1.59. The number of hydrogen-bond donors (Lipinski definition) is 0. The van der Waals surface area contributed by atoms with Crippen molar-refractivity contribution in [3.8, 4) is 11.4 Å². The van der Waals surface area contributed by atoms with Crippen LogP contribution in [-0.4, -0.2) is 27.6 Å². The van der Waals surface area contributed by atoms with Gasteiger partial charge in [0.2, 0.25) is 11.7 Å². The van der Waals surface area contributed by atoms with Crippen LogP contribution < -0.4 is 0 Å². The lowest BCUT2D eigenvalue weighted by Gasteiger charge is -2.20. The highest BCUT2D eigenvalue weighted by Crippen LogP contribution is 2.29. The molecule has 3 rings (SSSR count). The zero-order valence-corrected chi connectivity index (χ0v) is 13.1. The smallest absolute Gasteiger partial charge is 0.241 e. The number of hydrogen-bond acceptors (Lipinski definition) is 4. The van der Waals surface area contributed by atoms with E-state index >= 15 is 0 Å². The molecular weight excluding hydrogens is 281 g/mol. The third-order valence-corrected chi connectivity index (χ3v) is 3.97. The van der Waals surface area contributed by atoms with E-state index < -0.39 is 0 Å². The van der Waals surface area contributed by atoms with Gasteiger partial charge in [-0.25, -0.2) is 4.39 Å². The summed E-state index contributed by atoms with van der Waals surface area (Å²) in [4.78, 5) is 6.88. The van der Waals surface area contributed by atoms with Crippen molar-refractivity contribution < 1.29 is 8.91 Å². The van der Waals surface area contributed by atoms with Crippen molar-refractivity contribution in [1.82, 2.24) is 15.0 Å². The van der Waals surface area contributed by atoms with Gasteiger partial charge in [-0.15, -0.1) is 0 Å². The van der Waals surface area contributed by atoms with Gasteiger partial charge in [-0.2, -0.15) is 4.98 Å². The summed E-state index contributed by atoms with van der Waals surface area (Å²) in [5.41, 5.74) is 0.775. The van der Waals surface area contributed by atoms with E-state index in [0.717, 1.165) is 12.1 Å². The van der Waals surface area contributed by atoms with Crippen LogP contribution in [0.1, 0.15) is 39.0 Å². The minimum absolute atomic E-state index is 0.263. The Morgan fingerprint density at radius 3 is 2.64 bits per heavy atom. The van der Waals surface area contributed by atoms with Gasteiger partial charge in [-0.1, -0.05) is 19.0 Å². The van der Waals surface area contributed by atoms with E-state index in [9.17, 15) is 4.39 Å². The first-order chi connectivity index (χ1) is 10.6. The van der Waals surface area contributed by atoms with Crippen LogP contribution >= 0.6 is 0 Å². The van der Waals surface area contributed by atoms with Gasteiger partial charge in [0.25, 0.3) is 0 Å². The Morgan fingerprint density at radius 2 is 2.00 bits per heavy atom. The summed E-state index contributed by atoms with van der Waals surface area (Å²) >= 11 is 0. The van der Waals surface area contributed by atoms with Crippen molar-refractivity contribution in [2.24, 2.45) is 5.92 Å². The largest absolute Gasteiger partial charge is 0.338 e. The van der Waals surface area contributed by atoms with E-state index in [0.29, 0.717) is 30.2 Å². The second-order valence-electron chi connectivity index (χ2n) is 6.40. The minimum Gasteiger partial charge on any atom is -0.338 e. The third kappa shape index (κ3) is 3.91. The Hall–Kier alpha value is -1.75. The van der Waals surface area contributed by atoms with Crippen LogP contribution in [0.5, 0.6) is 0 Å². The lowest BCUT2D eigenvalue weighted by molar-refractivity contribution is 0.207. The van der Waals surface area contributed by atoms with Gasteiger partial charge in [0.05, 0.1) is 6.54 Å². The van der Waals surface area contributed by atoms with Crippen molar-refractivity contribution >= 4 is 0 Å². The van der Waals surface area contributed by atoms with Crippen molar-refractivity contribution in [3.05, 3.63) is 36.0 Å². The topological polar surface area (TPSA) is 42.2 Å². The van der Waals surface area contributed by atoms with Crippen LogP contribution in [0.15, 0.2) is 28.8 Å². The fourth-order valence-electron chi connectivity index (χ4n) is 2.46. The van der Waals surface area contributed by atoms with Crippen LogP contribution in [0.3, 0.4) is 0 Å². The molecule has 0 N–H and O–H groups in total. The predicted molar refractivity (Wildman–Crippen MR) is 82.6 cm³/mol. The lowest BCUT2D eigenvalue weighted by atomic mass is 10.1. The number of halogens is 1. The molecule has 0 radical (unpaired) electrons. The molecule has 0 amide bonds. The zero-order chi connectivity index (χ0) is 15.5. The molecule has 22 heavy (non-hydrogen) atoms. The summed E-state index contributed by atoms with van der Waals surface area (Å²) in [6, 6.07) is 6.82. The average molecular weight is 303 g/mol. The highest BCUT2D eigenvalue weighted by Gasteiger charge is 2.30. The summed E-state index contributed by atoms with van der Waals surface area (Å²) < 4.78 is 18.3. The van der Waals surface area contributed by atoms with E-state index in [-0.39, 0.29) is 5.82 Å². The van der Waals surface area contributed by atoms with Crippen LogP contribution in [-0.2, 0) is 6.54 Å². The van der Waals surface area contributed by atoms with Gasteiger partial charge < -0.3 is 4.52 Å². The Balaban J connectivity index is 1.66. The number of nitrogens with zero attached hydrogens (tertiary/aromatic N) is 3. The van der Waals surface area contributed by atoms with E-state index in [1.807, 2.05) is 0 Å². The van der Waals surface area contributed by atoms with Gasteiger partial charge >= 0.3 is 0 Å². The van der Waals surface area contributed by atoms with Crippen LogP contribution in [0.4, 0.5) is 4.39 Å². The van der Waals surface area contributed by atoms with Gasteiger partial charge in [0.15, 0.2) is 0 Å². The van der Waals surface area contributed by atoms with Crippen LogP contribution in [0.2, 0.25) is 0 Å². The average Bonchev–Trinajstić information content (AvgIpc) is 3.23. The van der Waals surface area contributed by atoms with Crippen LogP contribution in [0, 0.1) is 11.7 Å². The zero-order valence-electron chi connectivity index (χ0n) is 13.1. The normalized spacial score (nSPS) is 15.0. The molecule has 0 spiro atoms. The van der Waals surface area contributed by atoms with Crippen molar-refractivity contribution in [2.45, 2.75) is 45.7 Å². The van der Waals surface area contributed by atoms with E-state index in [1.165, 1.54) is 31.4 Å². The molecule has 0 bridgehead atoms. The third-order valence-electron chi connectivity index (χ3n) is 3.97. The summed E-state index contributed by atoms with van der Waals surface area (Å²) in [5, 5.41) is 4.01. The molecule has 1 aromatic carbocycles. The Morgan fingerprint density at radius 1 is 1.27 bits per heavy atom. The highest BCUT2D eigenvalue weighted by molar-refractivity contribution is 5.53. The Labute approximate surface area is 130 Å². The van der Waals surface area contributed by atoms with Gasteiger partial charge in [-0.3, -0.25) is 4.90 Å². The Kier molecular flexibility index (Phi) is 4.52. The minimum atomic E-state index is -0.263. The van der Waals surface area contributed by atoms with Gasteiger partial charge in [0.1, 0.15) is 5.82 Å². The molecule has 1 aromatic heterocycles. The number of rotatable bonds is 7. The molecule has 4 nitrogen and oxygen atoms in total. The van der Waals surface area contributed by atoms with Crippen molar-refractivity contribution in [1.29, 1.82) is 0 Å². The molecule has 0 saturated heterocycles. The summed E-state index contributed by atoms with van der Waals surface area (Å²) in [6.45, 7) is 6.25. The van der Waals surface area contributed by atoms with E-state index in [2.05, 4.69) is 28.9 Å². The first-order valence-electron chi connectivity index (χ1n) is 7.94. The molecule has 0 unspecified atom stereocenters. The molecule has 118 valence electrons. The highest BCUT2D eigenvalue weighted by atomic mass is 19.1. The van der Waals surface area contributed by atoms with Gasteiger partial charge in [-0.05, 0) is 56.0 Å². The second-order valence-corrected chi connectivity index (χ2v) is 6.40. The molecule has 1 saturated carbocycles. The summed E-state index contributed by atoms with van der Waals surface area (Å²) in [6.07, 6.45) is 3.70. The predicted octanol–water partition coefficient (Wildman–Crippen LogP) is 3.89. The van der Waals surface area contributed by atoms with Gasteiger partial charge in [0, 0.05) is 11.6 Å². The number of aromatic nitrogens is 2. The van der Waals surface area contributed by atoms with E-state index in [1.54, 1.807) is 12.1 Å². The second kappa shape index (κ2) is 6.57. The molecule has 1 fully saturated rings. The fourth-order valence-corrected chi connectivity index (χ4v) is 2.46. The molecule has 0 atom stereocenters. The molecule has 0 aliphatic heterocycles. The maximum Gasteiger partial charge on any atom is 0.241 e.